The summed E-state index contributed by atoms with van der Waals surface area (Å²) in [4.78, 5) is 38.9. The van der Waals surface area contributed by atoms with E-state index >= 15 is 0 Å². The molecule has 5 saturated carbocycles. The average Bonchev–Trinajstić information content (AvgIpc) is 2.73. The molecule has 0 radical (unpaired) electrons. The monoisotopic (exact) mass is 470 g/mol. The lowest BCUT2D eigenvalue weighted by molar-refractivity contribution is -0.230. The third kappa shape index (κ3) is 3.11. The number of ketones is 2. The molecule has 5 fully saturated rings. The fourth-order valence-electron chi connectivity index (χ4n) is 10.8. The summed E-state index contributed by atoms with van der Waals surface area (Å²) < 4.78 is 0. The standard InChI is InChI=1S/C30H46O4/c1-18-19-7-10-28(5)23(27(19,4)9-8-21(18)31)15-22(32)25-20-16-26(2,3)11-13-30(20,17-24(33)34)14-12-29(25,28)6/h18-20,23,25H,7-17H2,1-6H3,(H,33,34)/t18-,19?,20?,23-,25-,27+,28-,29-,30?/m1/s1. The zero-order chi connectivity index (χ0) is 24.9. The van der Waals surface area contributed by atoms with Gasteiger partial charge < -0.3 is 5.11 Å². The number of carboxylic acids is 1. The number of hydrogen-bond donors (Lipinski definition) is 1. The molecule has 0 bridgehead atoms. The van der Waals surface area contributed by atoms with Crippen molar-refractivity contribution in [2.75, 3.05) is 0 Å². The molecule has 1 N–H and O–H groups in total. The molecule has 0 saturated heterocycles. The summed E-state index contributed by atoms with van der Waals surface area (Å²) in [7, 11) is 0. The van der Waals surface area contributed by atoms with Gasteiger partial charge in [0, 0.05) is 24.7 Å². The summed E-state index contributed by atoms with van der Waals surface area (Å²) in [6, 6.07) is 0. The second kappa shape index (κ2) is 7.42. The second-order valence-corrected chi connectivity index (χ2v) is 14.8. The van der Waals surface area contributed by atoms with Crippen LogP contribution in [0.15, 0.2) is 0 Å². The normalized spacial score (nSPS) is 52.1. The predicted octanol–water partition coefficient (Wildman–Crippen LogP) is 6.70. The summed E-state index contributed by atoms with van der Waals surface area (Å²) >= 11 is 0. The van der Waals surface area contributed by atoms with Gasteiger partial charge in [-0.05, 0) is 96.2 Å². The van der Waals surface area contributed by atoms with Crippen molar-refractivity contribution in [3.63, 3.8) is 0 Å². The van der Waals surface area contributed by atoms with E-state index in [1.54, 1.807) is 0 Å². The molecule has 4 nitrogen and oxygen atoms in total. The zero-order valence-corrected chi connectivity index (χ0v) is 22.3. The number of Topliss-reactive ketones (excluding diaryl/α,β-unsaturated/α-hetero) is 2. The molecule has 0 aromatic heterocycles. The Morgan fingerprint density at radius 2 is 1.56 bits per heavy atom. The molecule has 0 aromatic carbocycles. The van der Waals surface area contributed by atoms with Crippen molar-refractivity contribution in [3.05, 3.63) is 0 Å². The van der Waals surface area contributed by atoms with Crippen molar-refractivity contribution in [3.8, 4) is 0 Å². The van der Waals surface area contributed by atoms with Crippen LogP contribution in [0.3, 0.4) is 0 Å². The molecule has 5 aliphatic carbocycles. The molecule has 9 atom stereocenters. The Labute approximate surface area is 206 Å². The molecule has 190 valence electrons. The largest absolute Gasteiger partial charge is 0.481 e. The summed E-state index contributed by atoms with van der Waals surface area (Å²) in [6.45, 7) is 14.1. The van der Waals surface area contributed by atoms with Crippen molar-refractivity contribution < 1.29 is 19.5 Å². The first-order valence-corrected chi connectivity index (χ1v) is 14.0. The molecular formula is C30H46O4. The topological polar surface area (TPSA) is 71.4 Å². The summed E-state index contributed by atoms with van der Waals surface area (Å²) in [5.74, 6) is 1.10. The lowest BCUT2D eigenvalue weighted by Gasteiger charge is -2.72. The van der Waals surface area contributed by atoms with Crippen molar-refractivity contribution >= 4 is 17.5 Å². The number of rotatable bonds is 2. The Morgan fingerprint density at radius 1 is 0.882 bits per heavy atom. The maximum Gasteiger partial charge on any atom is 0.303 e. The van der Waals surface area contributed by atoms with Gasteiger partial charge >= 0.3 is 5.97 Å². The maximum absolute atomic E-state index is 14.3. The summed E-state index contributed by atoms with van der Waals surface area (Å²) in [5.41, 5.74) is -0.0475. The Morgan fingerprint density at radius 3 is 2.24 bits per heavy atom. The van der Waals surface area contributed by atoms with Gasteiger partial charge in [-0.25, -0.2) is 0 Å². The van der Waals surface area contributed by atoms with E-state index < -0.39 is 5.97 Å². The maximum atomic E-state index is 14.3. The van der Waals surface area contributed by atoms with Gasteiger partial charge in [0.05, 0.1) is 6.42 Å². The number of carbonyl (C=O) groups is 3. The molecule has 0 aromatic rings. The molecule has 0 aliphatic heterocycles. The van der Waals surface area contributed by atoms with E-state index in [1.807, 2.05) is 0 Å². The Hall–Kier alpha value is -1.19. The van der Waals surface area contributed by atoms with Gasteiger partial charge in [-0.2, -0.15) is 0 Å². The van der Waals surface area contributed by atoms with E-state index in [1.165, 1.54) is 0 Å². The molecule has 5 rings (SSSR count). The molecule has 0 spiro atoms. The van der Waals surface area contributed by atoms with Gasteiger partial charge in [0.1, 0.15) is 11.6 Å². The Balaban J connectivity index is 1.58. The van der Waals surface area contributed by atoms with Crippen LogP contribution in [0.5, 0.6) is 0 Å². The molecular weight excluding hydrogens is 424 g/mol. The quantitative estimate of drug-likeness (QED) is 0.487. The zero-order valence-electron chi connectivity index (χ0n) is 22.3. The molecule has 0 heterocycles. The minimum Gasteiger partial charge on any atom is -0.481 e. The van der Waals surface area contributed by atoms with Gasteiger partial charge in [-0.15, -0.1) is 0 Å². The number of aliphatic carboxylic acids is 1. The number of carboxylic acid groups (broad SMARTS) is 1. The van der Waals surface area contributed by atoms with Crippen LogP contribution < -0.4 is 0 Å². The number of hydrogen-bond acceptors (Lipinski definition) is 3. The number of carbonyl (C=O) groups excluding carboxylic acids is 2. The number of fused-ring (bicyclic) bond motifs is 7. The van der Waals surface area contributed by atoms with Crippen LogP contribution in [-0.4, -0.2) is 22.6 Å². The lowest BCUT2D eigenvalue weighted by Crippen LogP contribution is -2.68. The minimum absolute atomic E-state index is 0.0239. The molecule has 4 heteroatoms. The van der Waals surface area contributed by atoms with E-state index in [4.69, 9.17) is 0 Å². The van der Waals surface area contributed by atoms with Crippen molar-refractivity contribution in [1.29, 1.82) is 0 Å². The van der Waals surface area contributed by atoms with Gasteiger partial charge in [-0.3, -0.25) is 14.4 Å². The molecule has 3 unspecified atom stereocenters. The van der Waals surface area contributed by atoms with Crippen LogP contribution in [0.25, 0.3) is 0 Å². The lowest BCUT2D eigenvalue weighted by atomic mass is 9.32. The first kappa shape index (κ1) is 24.5. The van der Waals surface area contributed by atoms with Gasteiger partial charge in [0.2, 0.25) is 0 Å². The van der Waals surface area contributed by atoms with Crippen molar-refractivity contribution in [2.24, 2.45) is 56.7 Å². The van der Waals surface area contributed by atoms with E-state index in [0.717, 1.165) is 51.4 Å². The predicted molar refractivity (Wildman–Crippen MR) is 132 cm³/mol. The third-order valence-electron chi connectivity index (χ3n) is 13.1. The van der Waals surface area contributed by atoms with Gasteiger partial charge in [-0.1, -0.05) is 41.5 Å². The highest BCUT2D eigenvalue weighted by Gasteiger charge is 2.71. The van der Waals surface area contributed by atoms with Crippen LogP contribution >= 0.6 is 0 Å². The van der Waals surface area contributed by atoms with Gasteiger partial charge in [0.25, 0.3) is 0 Å². The first-order chi connectivity index (χ1) is 15.7. The van der Waals surface area contributed by atoms with Crippen LogP contribution in [0, 0.1) is 56.7 Å². The second-order valence-electron chi connectivity index (χ2n) is 14.8. The molecule has 34 heavy (non-hydrogen) atoms. The van der Waals surface area contributed by atoms with Crippen LogP contribution in [0.2, 0.25) is 0 Å². The smallest absolute Gasteiger partial charge is 0.303 e. The fourth-order valence-corrected chi connectivity index (χ4v) is 10.8. The summed E-state index contributed by atoms with van der Waals surface area (Å²) in [5, 5.41) is 9.89. The summed E-state index contributed by atoms with van der Waals surface area (Å²) in [6.07, 6.45) is 9.49. The van der Waals surface area contributed by atoms with Crippen LogP contribution in [-0.2, 0) is 14.4 Å². The molecule has 0 amide bonds. The van der Waals surface area contributed by atoms with Crippen molar-refractivity contribution in [1.82, 2.24) is 0 Å². The van der Waals surface area contributed by atoms with E-state index in [-0.39, 0.29) is 51.2 Å². The van der Waals surface area contributed by atoms with Crippen LogP contribution in [0.1, 0.15) is 112 Å². The Kier molecular flexibility index (Phi) is 5.34. The van der Waals surface area contributed by atoms with E-state index in [0.29, 0.717) is 36.2 Å². The van der Waals surface area contributed by atoms with E-state index in [2.05, 4.69) is 41.5 Å². The van der Waals surface area contributed by atoms with E-state index in [9.17, 15) is 19.5 Å². The SMILES string of the molecule is C[C@H]1C(=O)CC[C@@]2(C)C1CC[C@]1(C)[C@@H]2CC(=O)[C@H]2C3CC(C)(C)CCC3(CC(=O)O)CC[C@]21C. The third-order valence-corrected chi connectivity index (χ3v) is 13.1. The molecule has 5 aliphatic rings. The highest BCUT2D eigenvalue weighted by molar-refractivity contribution is 5.85. The highest BCUT2D eigenvalue weighted by Crippen LogP contribution is 2.75. The first-order valence-electron chi connectivity index (χ1n) is 14.0. The van der Waals surface area contributed by atoms with Crippen LogP contribution in [0.4, 0.5) is 0 Å². The minimum atomic E-state index is -0.700. The Bertz CT molecular complexity index is 921. The van der Waals surface area contributed by atoms with Crippen molar-refractivity contribution in [2.45, 2.75) is 112 Å². The fraction of sp³-hybridized carbons (Fsp3) is 0.900. The van der Waals surface area contributed by atoms with Gasteiger partial charge in [0.15, 0.2) is 0 Å². The average molecular weight is 471 g/mol. The highest BCUT2D eigenvalue weighted by atomic mass is 16.4.